The van der Waals surface area contributed by atoms with Gasteiger partial charge in [0, 0.05) is 12.5 Å². The van der Waals surface area contributed by atoms with E-state index in [1.165, 1.54) is 0 Å². The highest BCUT2D eigenvalue weighted by Crippen LogP contribution is 2.28. The van der Waals surface area contributed by atoms with Gasteiger partial charge in [-0.05, 0) is 25.2 Å². The molecule has 1 N–H and O–H groups in total. The maximum Gasteiger partial charge on any atom is 0.123 e. The molecular formula is C7H12O2. The summed E-state index contributed by atoms with van der Waals surface area (Å²) in [4.78, 5) is 10.2. The lowest BCUT2D eigenvalue weighted by Gasteiger charge is -2.00. The van der Waals surface area contributed by atoms with Crippen molar-refractivity contribution in [2.75, 3.05) is 6.61 Å². The van der Waals surface area contributed by atoms with Crippen LogP contribution in [0, 0.1) is 11.8 Å². The molecule has 2 atom stereocenters. The van der Waals surface area contributed by atoms with Crippen molar-refractivity contribution in [2.24, 2.45) is 11.8 Å². The summed E-state index contributed by atoms with van der Waals surface area (Å²) in [6, 6.07) is 0. The van der Waals surface area contributed by atoms with Gasteiger partial charge in [-0.25, -0.2) is 0 Å². The summed E-state index contributed by atoms with van der Waals surface area (Å²) in [6.07, 6.45) is 3.92. The Hall–Kier alpha value is -0.370. The molecule has 1 aliphatic rings. The third kappa shape index (κ3) is 1.52. The fourth-order valence-corrected chi connectivity index (χ4v) is 1.40. The van der Waals surface area contributed by atoms with Crippen LogP contribution < -0.4 is 0 Å². The SMILES string of the molecule is O=CC1CCC(CO)C1. The highest BCUT2D eigenvalue weighted by atomic mass is 16.3. The van der Waals surface area contributed by atoms with E-state index in [0.29, 0.717) is 5.92 Å². The Kier molecular flexibility index (Phi) is 2.22. The second-order valence-electron chi connectivity index (χ2n) is 2.76. The number of aliphatic hydroxyl groups excluding tert-OH is 1. The monoisotopic (exact) mass is 128 g/mol. The summed E-state index contributed by atoms with van der Waals surface area (Å²) in [5, 5.41) is 8.66. The molecule has 0 radical (unpaired) electrons. The van der Waals surface area contributed by atoms with Crippen molar-refractivity contribution in [3.63, 3.8) is 0 Å². The molecule has 0 aliphatic heterocycles. The third-order valence-corrected chi connectivity index (χ3v) is 2.03. The van der Waals surface area contributed by atoms with Crippen LogP contribution in [0.15, 0.2) is 0 Å². The van der Waals surface area contributed by atoms with Crippen LogP contribution in [0.25, 0.3) is 0 Å². The summed E-state index contributed by atoms with van der Waals surface area (Å²) >= 11 is 0. The molecule has 1 saturated carbocycles. The summed E-state index contributed by atoms with van der Waals surface area (Å²) < 4.78 is 0. The zero-order valence-electron chi connectivity index (χ0n) is 5.42. The standard InChI is InChI=1S/C7H12O2/c8-4-6-1-2-7(3-6)5-9/h4,6-7,9H,1-3,5H2. The number of carbonyl (C=O) groups excluding carboxylic acids is 1. The van der Waals surface area contributed by atoms with E-state index in [2.05, 4.69) is 0 Å². The molecule has 2 unspecified atom stereocenters. The van der Waals surface area contributed by atoms with Gasteiger partial charge in [0.15, 0.2) is 0 Å². The average Bonchev–Trinajstić information content (AvgIpc) is 2.34. The third-order valence-electron chi connectivity index (χ3n) is 2.03. The van der Waals surface area contributed by atoms with Crippen molar-refractivity contribution in [1.29, 1.82) is 0 Å². The Balaban J connectivity index is 2.28. The van der Waals surface area contributed by atoms with E-state index in [0.717, 1.165) is 25.5 Å². The molecule has 0 spiro atoms. The minimum Gasteiger partial charge on any atom is -0.396 e. The Morgan fingerprint density at radius 2 is 2.33 bits per heavy atom. The van der Waals surface area contributed by atoms with Crippen LogP contribution >= 0.6 is 0 Å². The fourth-order valence-electron chi connectivity index (χ4n) is 1.40. The van der Waals surface area contributed by atoms with Crippen molar-refractivity contribution < 1.29 is 9.90 Å². The van der Waals surface area contributed by atoms with E-state index in [4.69, 9.17) is 5.11 Å². The van der Waals surface area contributed by atoms with E-state index in [9.17, 15) is 4.79 Å². The number of rotatable bonds is 2. The summed E-state index contributed by atoms with van der Waals surface area (Å²) in [5.41, 5.74) is 0. The van der Waals surface area contributed by atoms with Crippen LogP contribution in [0.3, 0.4) is 0 Å². The predicted molar refractivity (Wildman–Crippen MR) is 34.0 cm³/mol. The van der Waals surface area contributed by atoms with Gasteiger partial charge in [-0.1, -0.05) is 0 Å². The zero-order chi connectivity index (χ0) is 6.69. The van der Waals surface area contributed by atoms with Gasteiger partial charge < -0.3 is 9.90 Å². The van der Waals surface area contributed by atoms with E-state index < -0.39 is 0 Å². The van der Waals surface area contributed by atoms with Gasteiger partial charge in [0.2, 0.25) is 0 Å². The summed E-state index contributed by atoms with van der Waals surface area (Å²) in [7, 11) is 0. The molecule has 2 heteroatoms. The Morgan fingerprint density at radius 1 is 1.56 bits per heavy atom. The van der Waals surface area contributed by atoms with Crippen molar-refractivity contribution in [3.05, 3.63) is 0 Å². The van der Waals surface area contributed by atoms with Gasteiger partial charge in [0.1, 0.15) is 6.29 Å². The molecule has 0 aromatic rings. The Labute approximate surface area is 54.9 Å². The van der Waals surface area contributed by atoms with Gasteiger partial charge in [-0.15, -0.1) is 0 Å². The number of hydrogen-bond donors (Lipinski definition) is 1. The number of aliphatic hydroxyl groups is 1. The quantitative estimate of drug-likeness (QED) is 0.553. The molecule has 0 saturated heterocycles. The smallest absolute Gasteiger partial charge is 0.123 e. The first kappa shape index (κ1) is 6.75. The maximum atomic E-state index is 10.2. The minimum atomic E-state index is 0.238. The topological polar surface area (TPSA) is 37.3 Å². The molecule has 1 rings (SSSR count). The second-order valence-corrected chi connectivity index (χ2v) is 2.76. The number of carbonyl (C=O) groups is 1. The number of aldehydes is 1. The van der Waals surface area contributed by atoms with Crippen LogP contribution in [0.5, 0.6) is 0 Å². The first-order valence-electron chi connectivity index (χ1n) is 3.43. The van der Waals surface area contributed by atoms with Gasteiger partial charge >= 0.3 is 0 Å². The largest absolute Gasteiger partial charge is 0.396 e. The molecule has 1 aliphatic carbocycles. The van der Waals surface area contributed by atoms with Crippen LogP contribution in [0.4, 0.5) is 0 Å². The molecule has 0 aromatic carbocycles. The zero-order valence-corrected chi connectivity index (χ0v) is 5.42. The average molecular weight is 128 g/mol. The normalized spacial score (nSPS) is 34.8. The van der Waals surface area contributed by atoms with E-state index in [1.807, 2.05) is 0 Å². The molecule has 0 amide bonds. The van der Waals surface area contributed by atoms with Crippen LogP contribution in [0.2, 0.25) is 0 Å². The first-order valence-corrected chi connectivity index (χ1v) is 3.43. The lowest BCUT2D eigenvalue weighted by molar-refractivity contribution is -0.111. The van der Waals surface area contributed by atoms with Crippen molar-refractivity contribution in [3.8, 4) is 0 Å². The van der Waals surface area contributed by atoms with Gasteiger partial charge in [0.05, 0.1) is 0 Å². The van der Waals surface area contributed by atoms with Crippen molar-refractivity contribution >= 4 is 6.29 Å². The van der Waals surface area contributed by atoms with Gasteiger partial charge in [0.25, 0.3) is 0 Å². The van der Waals surface area contributed by atoms with Gasteiger partial charge in [-0.3, -0.25) is 0 Å². The molecule has 0 aromatic heterocycles. The fraction of sp³-hybridized carbons (Fsp3) is 0.857. The van der Waals surface area contributed by atoms with Gasteiger partial charge in [-0.2, -0.15) is 0 Å². The Morgan fingerprint density at radius 3 is 2.67 bits per heavy atom. The summed E-state index contributed by atoms with van der Waals surface area (Å²) in [6.45, 7) is 0.254. The molecule has 52 valence electrons. The predicted octanol–water partition coefficient (Wildman–Crippen LogP) is 0.594. The lowest BCUT2D eigenvalue weighted by Crippen LogP contribution is -2.01. The molecular weight excluding hydrogens is 116 g/mol. The molecule has 2 nitrogen and oxygen atoms in total. The van der Waals surface area contributed by atoms with Crippen LogP contribution in [0.1, 0.15) is 19.3 Å². The van der Waals surface area contributed by atoms with E-state index >= 15 is 0 Å². The van der Waals surface area contributed by atoms with E-state index in [1.54, 1.807) is 0 Å². The van der Waals surface area contributed by atoms with E-state index in [-0.39, 0.29) is 12.5 Å². The minimum absolute atomic E-state index is 0.238. The second kappa shape index (κ2) is 2.97. The first-order chi connectivity index (χ1) is 4.36. The van der Waals surface area contributed by atoms with Crippen LogP contribution in [-0.2, 0) is 4.79 Å². The van der Waals surface area contributed by atoms with Crippen molar-refractivity contribution in [1.82, 2.24) is 0 Å². The highest BCUT2D eigenvalue weighted by molar-refractivity contribution is 5.53. The number of hydrogen-bond acceptors (Lipinski definition) is 2. The molecule has 1 fully saturated rings. The summed E-state index contributed by atoms with van der Waals surface area (Å²) in [5.74, 6) is 0.641. The van der Waals surface area contributed by atoms with Crippen molar-refractivity contribution in [2.45, 2.75) is 19.3 Å². The van der Waals surface area contributed by atoms with Crippen LogP contribution in [-0.4, -0.2) is 18.0 Å². The Bertz CT molecular complexity index is 101. The highest BCUT2D eigenvalue weighted by Gasteiger charge is 2.22. The molecule has 0 heterocycles. The molecule has 0 bridgehead atoms. The lowest BCUT2D eigenvalue weighted by atomic mass is 10.1. The molecule has 9 heavy (non-hydrogen) atoms. The maximum absolute atomic E-state index is 10.2.